The molecule has 2 unspecified atom stereocenters. The van der Waals surface area contributed by atoms with Gasteiger partial charge in [0.2, 0.25) is 0 Å². The minimum atomic E-state index is 0.231. The largest absolute Gasteiger partial charge is 0.327 e. The third-order valence-electron chi connectivity index (χ3n) is 5.70. The van der Waals surface area contributed by atoms with Crippen LogP contribution in [0.3, 0.4) is 0 Å². The van der Waals surface area contributed by atoms with Crippen molar-refractivity contribution >= 4 is 23.5 Å². The SMILES string of the molecule is CCCSN(C)CCCc1ccc2c(c1)C(Cc1ccc(Cl)cc1)C(N)CC2. The first-order chi connectivity index (χ1) is 13.6. The molecule has 0 fully saturated rings. The molecule has 0 aliphatic heterocycles. The average Bonchev–Trinajstić information content (AvgIpc) is 2.70. The fourth-order valence-corrected chi connectivity index (χ4v) is 4.96. The molecule has 2 atom stereocenters. The first kappa shape index (κ1) is 21.7. The average molecular weight is 417 g/mol. The molecule has 1 aliphatic rings. The number of fused-ring (bicyclic) bond motifs is 1. The molecule has 0 heterocycles. The van der Waals surface area contributed by atoms with E-state index in [1.165, 1.54) is 40.8 Å². The molecule has 2 aromatic rings. The lowest BCUT2D eigenvalue weighted by molar-refractivity contribution is 0.467. The van der Waals surface area contributed by atoms with Crippen LogP contribution in [0, 0.1) is 0 Å². The van der Waals surface area contributed by atoms with Crippen molar-refractivity contribution in [2.24, 2.45) is 5.73 Å². The van der Waals surface area contributed by atoms with Crippen LogP contribution in [-0.4, -0.2) is 29.7 Å². The number of aryl methyl sites for hydroxylation is 2. The van der Waals surface area contributed by atoms with Crippen molar-refractivity contribution in [2.45, 2.75) is 57.4 Å². The normalized spacial score (nSPS) is 19.0. The molecule has 2 aromatic carbocycles. The van der Waals surface area contributed by atoms with E-state index in [-0.39, 0.29) is 6.04 Å². The van der Waals surface area contributed by atoms with Gasteiger partial charge in [0.25, 0.3) is 0 Å². The maximum absolute atomic E-state index is 6.57. The van der Waals surface area contributed by atoms with Crippen LogP contribution in [-0.2, 0) is 19.3 Å². The summed E-state index contributed by atoms with van der Waals surface area (Å²) in [6.45, 7) is 3.37. The second kappa shape index (κ2) is 10.7. The standard InChI is InChI=1S/C24H33ClN2S/c1-3-15-28-27(2)14-4-5-18-6-9-20-10-13-24(26)23(22(20)16-18)17-19-7-11-21(25)12-8-19/h6-9,11-12,16,23-24H,3-5,10,13-15,17,26H2,1-2H3. The van der Waals surface area contributed by atoms with Crippen LogP contribution in [0.2, 0.25) is 5.02 Å². The molecule has 1 aliphatic carbocycles. The number of hydrogen-bond donors (Lipinski definition) is 1. The lowest BCUT2D eigenvalue weighted by Gasteiger charge is -2.32. The van der Waals surface area contributed by atoms with Crippen molar-refractivity contribution in [2.75, 3.05) is 19.3 Å². The zero-order valence-electron chi connectivity index (χ0n) is 17.2. The number of rotatable bonds is 9. The van der Waals surface area contributed by atoms with E-state index < -0.39 is 0 Å². The highest BCUT2D eigenvalue weighted by atomic mass is 35.5. The van der Waals surface area contributed by atoms with Crippen molar-refractivity contribution in [1.82, 2.24) is 4.31 Å². The molecule has 2 nitrogen and oxygen atoms in total. The summed E-state index contributed by atoms with van der Waals surface area (Å²) in [4.78, 5) is 0. The Morgan fingerprint density at radius 2 is 1.89 bits per heavy atom. The molecule has 0 bridgehead atoms. The lowest BCUT2D eigenvalue weighted by atomic mass is 9.76. The van der Waals surface area contributed by atoms with E-state index in [1.54, 1.807) is 0 Å². The summed E-state index contributed by atoms with van der Waals surface area (Å²) in [6.07, 6.45) is 6.72. The Balaban J connectivity index is 1.67. The summed E-state index contributed by atoms with van der Waals surface area (Å²) < 4.78 is 2.38. The molecule has 2 N–H and O–H groups in total. The Kier molecular flexibility index (Phi) is 8.28. The summed E-state index contributed by atoms with van der Waals surface area (Å²) >= 11 is 8.00. The summed E-state index contributed by atoms with van der Waals surface area (Å²) in [5.74, 6) is 1.60. The van der Waals surface area contributed by atoms with Gasteiger partial charge < -0.3 is 5.73 Å². The molecule has 4 heteroatoms. The molecule has 0 saturated carbocycles. The highest BCUT2D eigenvalue weighted by Gasteiger charge is 2.27. The lowest BCUT2D eigenvalue weighted by Crippen LogP contribution is -2.34. The fourth-order valence-electron chi connectivity index (χ4n) is 4.08. The molecule has 0 radical (unpaired) electrons. The van der Waals surface area contributed by atoms with Crippen LogP contribution < -0.4 is 5.73 Å². The summed E-state index contributed by atoms with van der Waals surface area (Å²) in [6, 6.07) is 15.6. The Morgan fingerprint density at radius 3 is 2.64 bits per heavy atom. The van der Waals surface area contributed by atoms with E-state index in [4.69, 9.17) is 17.3 Å². The van der Waals surface area contributed by atoms with E-state index in [9.17, 15) is 0 Å². The van der Waals surface area contributed by atoms with Gasteiger partial charge in [-0.1, -0.05) is 60.8 Å². The highest BCUT2D eigenvalue weighted by Crippen LogP contribution is 2.34. The van der Waals surface area contributed by atoms with E-state index >= 15 is 0 Å². The second-order valence-corrected chi connectivity index (χ2v) is 9.69. The first-order valence-corrected chi connectivity index (χ1v) is 11.8. The Bertz CT molecular complexity index is 747. The molecular weight excluding hydrogens is 384 g/mol. The van der Waals surface area contributed by atoms with Gasteiger partial charge in [-0.3, -0.25) is 4.31 Å². The summed E-state index contributed by atoms with van der Waals surface area (Å²) in [5, 5.41) is 0.793. The molecular formula is C24H33ClN2S. The van der Waals surface area contributed by atoms with Crippen molar-refractivity contribution in [3.05, 3.63) is 69.7 Å². The van der Waals surface area contributed by atoms with Gasteiger partial charge in [0, 0.05) is 29.3 Å². The smallest absolute Gasteiger partial charge is 0.0406 e. The van der Waals surface area contributed by atoms with E-state index in [1.807, 2.05) is 24.1 Å². The quantitative estimate of drug-likeness (QED) is 0.519. The second-order valence-electron chi connectivity index (χ2n) is 7.96. The monoisotopic (exact) mass is 416 g/mol. The van der Waals surface area contributed by atoms with Gasteiger partial charge in [-0.05, 0) is 80.0 Å². The van der Waals surface area contributed by atoms with Crippen molar-refractivity contribution < 1.29 is 0 Å². The van der Waals surface area contributed by atoms with E-state index in [0.29, 0.717) is 5.92 Å². The van der Waals surface area contributed by atoms with E-state index in [2.05, 4.69) is 48.6 Å². The highest BCUT2D eigenvalue weighted by molar-refractivity contribution is 7.96. The molecule has 0 amide bonds. The first-order valence-electron chi connectivity index (χ1n) is 10.5. The van der Waals surface area contributed by atoms with E-state index in [0.717, 1.165) is 37.3 Å². The number of halogens is 1. The Morgan fingerprint density at radius 1 is 1.14 bits per heavy atom. The summed E-state index contributed by atoms with van der Waals surface area (Å²) in [5.41, 5.74) is 12.3. The number of hydrogen-bond acceptors (Lipinski definition) is 3. The van der Waals surface area contributed by atoms with Gasteiger partial charge >= 0.3 is 0 Å². The molecule has 28 heavy (non-hydrogen) atoms. The van der Waals surface area contributed by atoms with Gasteiger partial charge in [-0.25, -0.2) is 0 Å². The minimum absolute atomic E-state index is 0.231. The minimum Gasteiger partial charge on any atom is -0.327 e. The number of benzene rings is 2. The topological polar surface area (TPSA) is 29.3 Å². The van der Waals surface area contributed by atoms with Crippen LogP contribution >= 0.6 is 23.5 Å². The number of nitrogens with two attached hydrogens (primary N) is 1. The van der Waals surface area contributed by atoms with Crippen molar-refractivity contribution in [3.8, 4) is 0 Å². The molecule has 0 spiro atoms. The van der Waals surface area contributed by atoms with Gasteiger partial charge in [0.1, 0.15) is 0 Å². The molecule has 0 aromatic heterocycles. The van der Waals surface area contributed by atoms with Crippen molar-refractivity contribution in [3.63, 3.8) is 0 Å². The predicted octanol–water partition coefficient (Wildman–Crippen LogP) is 5.86. The third kappa shape index (κ3) is 6.00. The molecule has 0 saturated heterocycles. The van der Waals surface area contributed by atoms with Gasteiger partial charge in [0.05, 0.1) is 0 Å². The van der Waals surface area contributed by atoms with Gasteiger partial charge in [0.15, 0.2) is 0 Å². The summed E-state index contributed by atoms with van der Waals surface area (Å²) in [7, 11) is 2.20. The Hall–Kier alpha value is -1.00. The maximum atomic E-state index is 6.57. The van der Waals surface area contributed by atoms with Crippen LogP contribution in [0.1, 0.15) is 54.4 Å². The number of nitrogens with zero attached hydrogens (tertiary/aromatic N) is 1. The molecule has 3 rings (SSSR count). The van der Waals surface area contributed by atoms with Crippen LogP contribution in [0.4, 0.5) is 0 Å². The Labute approximate surface area is 180 Å². The van der Waals surface area contributed by atoms with Crippen LogP contribution in [0.25, 0.3) is 0 Å². The van der Waals surface area contributed by atoms with Crippen LogP contribution in [0.5, 0.6) is 0 Å². The fraction of sp³-hybridized carbons (Fsp3) is 0.500. The van der Waals surface area contributed by atoms with Gasteiger partial charge in [-0.15, -0.1) is 0 Å². The zero-order valence-corrected chi connectivity index (χ0v) is 18.7. The van der Waals surface area contributed by atoms with Crippen LogP contribution in [0.15, 0.2) is 42.5 Å². The van der Waals surface area contributed by atoms with Gasteiger partial charge in [-0.2, -0.15) is 0 Å². The maximum Gasteiger partial charge on any atom is 0.0406 e. The predicted molar refractivity (Wildman–Crippen MR) is 124 cm³/mol. The zero-order chi connectivity index (χ0) is 19.9. The third-order valence-corrected chi connectivity index (χ3v) is 7.16. The van der Waals surface area contributed by atoms with Crippen molar-refractivity contribution in [1.29, 1.82) is 0 Å². The molecule has 152 valence electrons.